The van der Waals surface area contributed by atoms with Crippen LogP contribution in [-0.4, -0.2) is 27.5 Å². The third kappa shape index (κ3) is 4.92. The number of nitrogens with one attached hydrogen (secondary N) is 1. The maximum atomic E-state index is 12.8. The Balaban J connectivity index is 1.86. The summed E-state index contributed by atoms with van der Waals surface area (Å²) in [5.41, 5.74) is 0.859. The van der Waals surface area contributed by atoms with Crippen LogP contribution in [0.2, 0.25) is 5.02 Å². The van der Waals surface area contributed by atoms with Crippen LogP contribution in [0.5, 0.6) is 5.75 Å². The van der Waals surface area contributed by atoms with Gasteiger partial charge in [-0.1, -0.05) is 29.8 Å². The number of hydrogen-bond acceptors (Lipinski definition) is 4. The fourth-order valence-electron chi connectivity index (χ4n) is 3.04. The van der Waals surface area contributed by atoms with E-state index < -0.39 is 15.4 Å². The molecule has 0 atom stereocenters. The Bertz CT molecular complexity index is 1030. The molecule has 1 N–H and O–H groups in total. The minimum absolute atomic E-state index is 0.0766. The number of ether oxygens (including phenoxy) is 1. The Labute approximate surface area is 176 Å². The van der Waals surface area contributed by atoms with Crippen molar-refractivity contribution < 1.29 is 17.9 Å². The molecule has 0 fully saturated rings. The van der Waals surface area contributed by atoms with Crippen molar-refractivity contribution in [1.82, 2.24) is 0 Å². The molecular weight excluding hydrogens is 412 g/mol. The normalized spacial score (nSPS) is 15.8. The maximum Gasteiger partial charge on any atom is 0.236 e. The number of hydrogen-bond donors (Lipinski definition) is 1. The summed E-state index contributed by atoms with van der Waals surface area (Å²) in [5, 5.41) is 0.545. The second-order valence-corrected chi connectivity index (χ2v) is 9.71. The first-order valence-electron chi connectivity index (χ1n) is 9.06. The van der Waals surface area contributed by atoms with Gasteiger partial charge in [-0.3, -0.25) is 9.52 Å². The zero-order valence-electron chi connectivity index (χ0n) is 16.3. The van der Waals surface area contributed by atoms with Crippen LogP contribution in [0.3, 0.4) is 0 Å². The van der Waals surface area contributed by atoms with Gasteiger partial charge in [0.15, 0.2) is 0 Å². The number of carbonyl (C=O) groups excluding carboxylic acids is 1. The van der Waals surface area contributed by atoms with E-state index in [2.05, 4.69) is 11.3 Å². The van der Waals surface area contributed by atoms with Crippen LogP contribution >= 0.6 is 11.6 Å². The molecule has 1 aliphatic rings. The van der Waals surface area contributed by atoms with E-state index in [9.17, 15) is 13.2 Å². The smallest absolute Gasteiger partial charge is 0.236 e. The molecule has 8 heteroatoms. The summed E-state index contributed by atoms with van der Waals surface area (Å²) in [7, 11) is -3.64. The third-order valence-corrected chi connectivity index (χ3v) is 6.03. The standard InChI is InChI=1S/C21H23ClN2O4S/c1-4-11-24-18-10-9-17(12-19(18)28-14-21(2,3)20(24)25)23-29(26,27)13-15-5-7-16(22)8-6-15/h4-10,12,23H,1,11,13-14H2,2-3H3. The summed E-state index contributed by atoms with van der Waals surface area (Å²) in [4.78, 5) is 14.4. The average Bonchev–Trinajstić information content (AvgIpc) is 2.74. The van der Waals surface area contributed by atoms with E-state index in [-0.39, 0.29) is 18.3 Å². The van der Waals surface area contributed by atoms with E-state index in [0.29, 0.717) is 34.3 Å². The lowest BCUT2D eigenvalue weighted by molar-refractivity contribution is -0.127. The fraction of sp³-hybridized carbons (Fsp3) is 0.286. The number of carbonyl (C=O) groups is 1. The van der Waals surface area contributed by atoms with Crippen LogP contribution < -0.4 is 14.4 Å². The zero-order chi connectivity index (χ0) is 21.2. The highest BCUT2D eigenvalue weighted by Gasteiger charge is 2.37. The number of nitrogens with zero attached hydrogens (tertiary/aromatic N) is 1. The molecule has 0 unspecified atom stereocenters. The van der Waals surface area contributed by atoms with Gasteiger partial charge in [0.05, 0.1) is 22.5 Å². The van der Waals surface area contributed by atoms with Crippen LogP contribution in [0, 0.1) is 5.41 Å². The molecule has 3 rings (SSSR count). The predicted octanol–water partition coefficient (Wildman–Crippen LogP) is 4.22. The lowest BCUT2D eigenvalue weighted by Gasteiger charge is -2.27. The minimum atomic E-state index is -3.64. The van der Waals surface area contributed by atoms with E-state index in [4.69, 9.17) is 16.3 Å². The fourth-order valence-corrected chi connectivity index (χ4v) is 4.35. The highest BCUT2D eigenvalue weighted by molar-refractivity contribution is 7.91. The summed E-state index contributed by atoms with van der Waals surface area (Å²) in [6, 6.07) is 11.5. The van der Waals surface area contributed by atoms with E-state index in [1.54, 1.807) is 53.4 Å². The molecule has 0 saturated carbocycles. The van der Waals surface area contributed by atoms with Gasteiger partial charge >= 0.3 is 0 Å². The van der Waals surface area contributed by atoms with Crippen molar-refractivity contribution in [3.8, 4) is 5.75 Å². The van der Waals surface area contributed by atoms with E-state index >= 15 is 0 Å². The lowest BCUT2D eigenvalue weighted by Crippen LogP contribution is -2.42. The topological polar surface area (TPSA) is 75.7 Å². The number of fused-ring (bicyclic) bond motifs is 1. The van der Waals surface area contributed by atoms with Gasteiger partial charge < -0.3 is 9.64 Å². The number of anilines is 2. The molecule has 1 aliphatic heterocycles. The molecule has 1 amide bonds. The molecule has 0 radical (unpaired) electrons. The Morgan fingerprint density at radius 3 is 2.59 bits per heavy atom. The number of rotatable bonds is 6. The first-order chi connectivity index (χ1) is 13.6. The van der Waals surface area contributed by atoms with Gasteiger partial charge in [0.1, 0.15) is 12.4 Å². The first kappa shape index (κ1) is 21.2. The van der Waals surface area contributed by atoms with Crippen molar-refractivity contribution in [3.05, 3.63) is 65.7 Å². The molecule has 2 aromatic carbocycles. The monoisotopic (exact) mass is 434 g/mol. The molecule has 1 heterocycles. The summed E-state index contributed by atoms with van der Waals surface area (Å²) in [6.07, 6.45) is 1.64. The predicted molar refractivity (Wildman–Crippen MR) is 116 cm³/mol. The molecule has 0 saturated heterocycles. The molecule has 29 heavy (non-hydrogen) atoms. The second kappa shape index (κ2) is 8.08. The van der Waals surface area contributed by atoms with Crippen LogP contribution in [0.15, 0.2) is 55.1 Å². The van der Waals surface area contributed by atoms with Gasteiger partial charge in [-0.15, -0.1) is 6.58 Å². The third-order valence-electron chi connectivity index (χ3n) is 4.52. The van der Waals surface area contributed by atoms with Crippen LogP contribution in [0.1, 0.15) is 19.4 Å². The maximum absolute atomic E-state index is 12.8. The largest absolute Gasteiger partial charge is 0.490 e. The summed E-state index contributed by atoms with van der Waals surface area (Å²) in [6.45, 7) is 7.86. The molecule has 2 aromatic rings. The van der Waals surface area contributed by atoms with Crippen molar-refractivity contribution >= 4 is 38.9 Å². The average molecular weight is 435 g/mol. The van der Waals surface area contributed by atoms with Gasteiger partial charge in [0, 0.05) is 17.6 Å². The quantitative estimate of drug-likeness (QED) is 0.690. The summed E-state index contributed by atoms with van der Waals surface area (Å²) >= 11 is 5.84. The van der Waals surface area contributed by atoms with E-state index in [1.165, 1.54) is 0 Å². The Morgan fingerprint density at radius 1 is 1.24 bits per heavy atom. The highest BCUT2D eigenvalue weighted by atomic mass is 35.5. The van der Waals surface area contributed by atoms with Crippen LogP contribution in [-0.2, 0) is 20.6 Å². The van der Waals surface area contributed by atoms with Crippen molar-refractivity contribution in [2.45, 2.75) is 19.6 Å². The van der Waals surface area contributed by atoms with E-state index in [1.807, 2.05) is 13.8 Å². The number of halogens is 1. The number of sulfonamides is 1. The number of benzene rings is 2. The van der Waals surface area contributed by atoms with Gasteiger partial charge in [-0.2, -0.15) is 0 Å². The van der Waals surface area contributed by atoms with E-state index in [0.717, 1.165) is 0 Å². The lowest BCUT2D eigenvalue weighted by atomic mass is 9.93. The van der Waals surface area contributed by atoms with Crippen LogP contribution in [0.25, 0.3) is 0 Å². The summed E-state index contributed by atoms with van der Waals surface area (Å²) < 4.78 is 33.5. The molecule has 6 nitrogen and oxygen atoms in total. The van der Waals surface area contributed by atoms with Crippen molar-refractivity contribution in [2.24, 2.45) is 5.41 Å². The number of amides is 1. The minimum Gasteiger partial charge on any atom is -0.490 e. The Morgan fingerprint density at radius 2 is 1.93 bits per heavy atom. The zero-order valence-corrected chi connectivity index (χ0v) is 17.9. The van der Waals surface area contributed by atoms with Gasteiger partial charge in [-0.25, -0.2) is 8.42 Å². The van der Waals surface area contributed by atoms with Gasteiger partial charge in [-0.05, 0) is 43.7 Å². The molecule has 0 spiro atoms. The van der Waals surface area contributed by atoms with Crippen molar-refractivity contribution in [2.75, 3.05) is 22.8 Å². The van der Waals surface area contributed by atoms with Crippen molar-refractivity contribution in [1.29, 1.82) is 0 Å². The molecule has 0 aromatic heterocycles. The molecule has 0 aliphatic carbocycles. The molecule has 154 valence electrons. The SMILES string of the molecule is C=CCN1C(=O)C(C)(C)COc2cc(NS(=O)(=O)Cc3ccc(Cl)cc3)ccc21. The highest BCUT2D eigenvalue weighted by Crippen LogP contribution is 2.38. The van der Waals surface area contributed by atoms with Gasteiger partial charge in [0.25, 0.3) is 0 Å². The van der Waals surface area contributed by atoms with Gasteiger partial charge in [0.2, 0.25) is 15.9 Å². The van der Waals surface area contributed by atoms with Crippen molar-refractivity contribution in [3.63, 3.8) is 0 Å². The first-order valence-corrected chi connectivity index (χ1v) is 11.1. The van der Waals surface area contributed by atoms with Crippen LogP contribution in [0.4, 0.5) is 11.4 Å². The Hall–Kier alpha value is -2.51. The Kier molecular flexibility index (Phi) is 5.91. The summed E-state index contributed by atoms with van der Waals surface area (Å²) in [5.74, 6) is 0.181. The molecular formula is C21H23ClN2O4S. The second-order valence-electron chi connectivity index (χ2n) is 7.55. The molecule has 0 bridgehead atoms.